The van der Waals surface area contributed by atoms with Gasteiger partial charge >= 0.3 is 0 Å². The maximum absolute atomic E-state index is 12.7. The van der Waals surface area contributed by atoms with Crippen LogP contribution < -0.4 is 5.32 Å². The fourth-order valence-corrected chi connectivity index (χ4v) is 3.14. The van der Waals surface area contributed by atoms with Crippen LogP contribution in [0.3, 0.4) is 0 Å². The average molecular weight is 331 g/mol. The van der Waals surface area contributed by atoms with Crippen molar-refractivity contribution in [2.75, 3.05) is 5.32 Å². The molecule has 0 fully saturated rings. The van der Waals surface area contributed by atoms with Crippen LogP contribution in [0.1, 0.15) is 37.8 Å². The van der Waals surface area contributed by atoms with E-state index in [-0.39, 0.29) is 11.8 Å². The third-order valence-corrected chi connectivity index (χ3v) is 4.56. The lowest BCUT2D eigenvalue weighted by Gasteiger charge is -2.15. The van der Waals surface area contributed by atoms with E-state index in [9.17, 15) is 4.79 Å². The molecule has 0 heterocycles. The zero-order valence-electron chi connectivity index (χ0n) is 15.1. The summed E-state index contributed by atoms with van der Waals surface area (Å²) in [5.74, 6) is 0.470. The van der Waals surface area contributed by atoms with Crippen molar-refractivity contribution < 1.29 is 4.79 Å². The van der Waals surface area contributed by atoms with Crippen molar-refractivity contribution in [2.45, 2.75) is 33.1 Å². The van der Waals surface area contributed by atoms with Gasteiger partial charge in [-0.05, 0) is 41.8 Å². The monoisotopic (exact) mass is 331 g/mol. The number of rotatable bonds is 5. The number of amides is 1. The molecule has 0 aliphatic carbocycles. The highest BCUT2D eigenvalue weighted by atomic mass is 16.1. The standard InChI is InChI=1S/C23H25NO/c1-16(2)15-18-11-13-19(14-12-18)17(3)23(25)24-22-10-6-8-20-7-4-5-9-21(20)22/h4-14,16-17H,15H2,1-3H3,(H,24,25)/t17-/m0/s1. The lowest BCUT2D eigenvalue weighted by atomic mass is 9.96. The lowest BCUT2D eigenvalue weighted by Crippen LogP contribution is -2.19. The van der Waals surface area contributed by atoms with Crippen molar-refractivity contribution in [3.05, 3.63) is 77.9 Å². The minimum Gasteiger partial charge on any atom is -0.325 e. The van der Waals surface area contributed by atoms with Crippen LogP contribution in [0, 0.1) is 5.92 Å². The van der Waals surface area contributed by atoms with Gasteiger partial charge in [0.15, 0.2) is 0 Å². The highest BCUT2D eigenvalue weighted by Gasteiger charge is 2.16. The Balaban J connectivity index is 1.76. The Morgan fingerprint density at radius 3 is 2.28 bits per heavy atom. The van der Waals surface area contributed by atoms with E-state index >= 15 is 0 Å². The third kappa shape index (κ3) is 4.08. The second-order valence-electron chi connectivity index (χ2n) is 7.08. The minimum atomic E-state index is -0.188. The van der Waals surface area contributed by atoms with Crippen LogP contribution in [0.25, 0.3) is 10.8 Å². The SMILES string of the molecule is CC(C)Cc1ccc([C@H](C)C(=O)Nc2cccc3ccccc23)cc1. The topological polar surface area (TPSA) is 29.1 Å². The van der Waals surface area contributed by atoms with Gasteiger partial charge in [-0.1, -0.05) is 74.5 Å². The Bertz CT molecular complexity index is 859. The van der Waals surface area contributed by atoms with Crippen LogP contribution in [0.4, 0.5) is 5.69 Å². The van der Waals surface area contributed by atoms with Gasteiger partial charge in [0.05, 0.1) is 5.92 Å². The molecule has 2 nitrogen and oxygen atoms in total. The first-order chi connectivity index (χ1) is 12.0. The summed E-state index contributed by atoms with van der Waals surface area (Å²) in [7, 11) is 0. The smallest absolute Gasteiger partial charge is 0.231 e. The predicted molar refractivity (Wildman–Crippen MR) is 106 cm³/mol. The van der Waals surface area contributed by atoms with Gasteiger partial charge in [0, 0.05) is 11.1 Å². The predicted octanol–water partition coefficient (Wildman–Crippen LogP) is 5.78. The summed E-state index contributed by atoms with van der Waals surface area (Å²) in [4.78, 5) is 12.7. The summed E-state index contributed by atoms with van der Waals surface area (Å²) in [5, 5.41) is 5.29. The Morgan fingerprint density at radius 2 is 1.56 bits per heavy atom. The lowest BCUT2D eigenvalue weighted by molar-refractivity contribution is -0.117. The van der Waals surface area contributed by atoms with Crippen molar-refractivity contribution in [3.8, 4) is 0 Å². The number of hydrogen-bond donors (Lipinski definition) is 1. The third-order valence-electron chi connectivity index (χ3n) is 4.56. The first kappa shape index (κ1) is 17.2. The van der Waals surface area contributed by atoms with E-state index in [1.807, 2.05) is 37.3 Å². The van der Waals surface area contributed by atoms with Crippen LogP contribution >= 0.6 is 0 Å². The maximum Gasteiger partial charge on any atom is 0.231 e. The van der Waals surface area contributed by atoms with Crippen molar-refractivity contribution in [1.29, 1.82) is 0 Å². The number of fused-ring (bicyclic) bond motifs is 1. The van der Waals surface area contributed by atoms with Crippen molar-refractivity contribution in [3.63, 3.8) is 0 Å². The number of carbonyl (C=O) groups excluding carboxylic acids is 1. The highest BCUT2D eigenvalue weighted by molar-refractivity contribution is 6.04. The van der Waals surface area contributed by atoms with Gasteiger partial charge < -0.3 is 5.32 Å². The first-order valence-electron chi connectivity index (χ1n) is 8.92. The zero-order chi connectivity index (χ0) is 17.8. The molecule has 3 aromatic carbocycles. The van der Waals surface area contributed by atoms with Crippen LogP contribution in [0.5, 0.6) is 0 Å². The molecule has 1 amide bonds. The van der Waals surface area contributed by atoms with Gasteiger partial charge in [-0.15, -0.1) is 0 Å². The molecule has 2 heteroatoms. The molecule has 0 unspecified atom stereocenters. The second kappa shape index (κ2) is 7.52. The van der Waals surface area contributed by atoms with E-state index < -0.39 is 0 Å². The molecule has 0 radical (unpaired) electrons. The normalized spacial score (nSPS) is 12.3. The summed E-state index contributed by atoms with van der Waals surface area (Å²) in [6.45, 7) is 6.39. The Labute approximate surface area is 149 Å². The molecule has 0 aromatic heterocycles. The van der Waals surface area contributed by atoms with E-state index in [4.69, 9.17) is 0 Å². The second-order valence-corrected chi connectivity index (χ2v) is 7.08. The Kier molecular flexibility index (Phi) is 5.18. The van der Waals surface area contributed by atoms with Crippen LogP contribution in [0.2, 0.25) is 0 Å². The molecule has 0 spiro atoms. The van der Waals surface area contributed by atoms with Crippen LogP contribution in [0.15, 0.2) is 66.7 Å². The quantitative estimate of drug-likeness (QED) is 0.631. The maximum atomic E-state index is 12.7. The zero-order valence-corrected chi connectivity index (χ0v) is 15.1. The summed E-state index contributed by atoms with van der Waals surface area (Å²) in [6.07, 6.45) is 1.07. The van der Waals surface area contributed by atoms with E-state index in [2.05, 4.69) is 55.6 Å². The first-order valence-corrected chi connectivity index (χ1v) is 8.92. The molecule has 25 heavy (non-hydrogen) atoms. The summed E-state index contributed by atoms with van der Waals surface area (Å²) < 4.78 is 0. The van der Waals surface area contributed by atoms with Crippen LogP contribution in [-0.4, -0.2) is 5.91 Å². The average Bonchev–Trinajstić information content (AvgIpc) is 2.61. The van der Waals surface area contributed by atoms with Gasteiger partial charge in [0.25, 0.3) is 0 Å². The Hall–Kier alpha value is -2.61. The van der Waals surface area contributed by atoms with E-state index in [1.165, 1.54) is 5.56 Å². The number of carbonyl (C=O) groups is 1. The summed E-state index contributed by atoms with van der Waals surface area (Å²) in [5.41, 5.74) is 3.23. The number of nitrogens with one attached hydrogen (secondary N) is 1. The summed E-state index contributed by atoms with van der Waals surface area (Å²) in [6, 6.07) is 22.5. The van der Waals surface area contributed by atoms with E-state index in [1.54, 1.807) is 0 Å². The molecule has 0 saturated heterocycles. The van der Waals surface area contributed by atoms with Gasteiger partial charge in [-0.25, -0.2) is 0 Å². The fourth-order valence-electron chi connectivity index (χ4n) is 3.14. The molecule has 1 N–H and O–H groups in total. The molecule has 0 saturated carbocycles. The largest absolute Gasteiger partial charge is 0.325 e. The fraction of sp³-hybridized carbons (Fsp3) is 0.261. The molecular formula is C23H25NO. The molecule has 3 rings (SSSR count). The van der Waals surface area contributed by atoms with Gasteiger partial charge in [-0.3, -0.25) is 4.79 Å². The van der Waals surface area contributed by atoms with Gasteiger partial charge in [0.1, 0.15) is 0 Å². The van der Waals surface area contributed by atoms with Crippen molar-refractivity contribution in [2.24, 2.45) is 5.92 Å². The van der Waals surface area contributed by atoms with Crippen LogP contribution in [-0.2, 0) is 11.2 Å². The molecule has 0 aliphatic heterocycles. The molecule has 128 valence electrons. The van der Waals surface area contributed by atoms with Crippen molar-refractivity contribution >= 4 is 22.4 Å². The van der Waals surface area contributed by atoms with Gasteiger partial charge in [-0.2, -0.15) is 0 Å². The highest BCUT2D eigenvalue weighted by Crippen LogP contribution is 2.25. The van der Waals surface area contributed by atoms with Crippen molar-refractivity contribution in [1.82, 2.24) is 0 Å². The number of hydrogen-bond acceptors (Lipinski definition) is 1. The molecule has 0 aliphatic rings. The molecule has 1 atom stereocenters. The number of anilines is 1. The Morgan fingerprint density at radius 1 is 0.880 bits per heavy atom. The molecule has 3 aromatic rings. The molecular weight excluding hydrogens is 306 g/mol. The van der Waals surface area contributed by atoms with Gasteiger partial charge in [0.2, 0.25) is 5.91 Å². The van der Waals surface area contributed by atoms with E-state index in [0.717, 1.165) is 28.4 Å². The number of benzene rings is 3. The minimum absolute atomic E-state index is 0.0213. The van der Waals surface area contributed by atoms with E-state index in [0.29, 0.717) is 5.92 Å². The molecule has 0 bridgehead atoms. The summed E-state index contributed by atoms with van der Waals surface area (Å²) >= 11 is 0.